The maximum atomic E-state index is 12.4. The monoisotopic (exact) mass is 492 g/mol. The summed E-state index contributed by atoms with van der Waals surface area (Å²) in [4.78, 5) is 36.6. The van der Waals surface area contributed by atoms with Crippen LogP contribution in [-0.4, -0.2) is 56.9 Å². The highest BCUT2D eigenvalue weighted by atomic mass is 35.5. The Kier molecular flexibility index (Phi) is 7.46. The van der Waals surface area contributed by atoms with Crippen LogP contribution in [0.2, 0.25) is 5.02 Å². The first-order chi connectivity index (χ1) is 15.6. The van der Waals surface area contributed by atoms with Crippen molar-refractivity contribution in [2.75, 3.05) is 31.0 Å². The fourth-order valence-electron chi connectivity index (χ4n) is 2.86. The van der Waals surface area contributed by atoms with E-state index in [9.17, 15) is 22.8 Å². The number of anilines is 2. The molecule has 0 unspecified atom stereocenters. The zero-order valence-electron chi connectivity index (χ0n) is 17.8. The smallest absolute Gasteiger partial charge is 0.355 e. The van der Waals surface area contributed by atoms with Crippen molar-refractivity contribution in [3.63, 3.8) is 0 Å². The Morgan fingerprint density at radius 1 is 1.15 bits per heavy atom. The van der Waals surface area contributed by atoms with Crippen molar-refractivity contribution in [1.82, 2.24) is 4.31 Å². The van der Waals surface area contributed by atoms with Crippen molar-refractivity contribution in [2.45, 2.75) is 17.7 Å². The number of nitrogens with one attached hydrogen (secondary N) is 1. The van der Waals surface area contributed by atoms with Crippen molar-refractivity contribution < 1.29 is 27.5 Å². The van der Waals surface area contributed by atoms with Gasteiger partial charge in [-0.25, -0.2) is 22.5 Å². The predicted octanol–water partition coefficient (Wildman–Crippen LogP) is 2.25. The number of hydrogen-bond acceptors (Lipinski definition) is 7. The lowest BCUT2D eigenvalue weighted by molar-refractivity contribution is -0.140. The summed E-state index contributed by atoms with van der Waals surface area (Å²) in [5, 5.41) is 7.65. The molecule has 1 aliphatic heterocycles. The first-order valence-corrected chi connectivity index (χ1v) is 11.6. The molecular formula is C21H21ClN4O6S. The fourth-order valence-corrected chi connectivity index (χ4v) is 4.25. The molecule has 0 atom stereocenters. The molecular weight excluding hydrogens is 472 g/mol. The van der Waals surface area contributed by atoms with Gasteiger partial charge in [0, 0.05) is 32.6 Å². The number of esters is 1. The Morgan fingerprint density at radius 3 is 2.52 bits per heavy atom. The van der Waals surface area contributed by atoms with Crippen LogP contribution in [0.15, 0.2) is 58.5 Å². The minimum absolute atomic E-state index is 0.000884. The SMILES string of the molecule is CN(C)S(=O)(=O)c1cc(NC(=O)COC(=O)C2=NN(c3ccccc3)C(=O)CC2)ccc1Cl. The number of carbonyl (C=O) groups is 3. The Hall–Kier alpha value is -3.28. The van der Waals surface area contributed by atoms with E-state index in [1.54, 1.807) is 30.3 Å². The van der Waals surface area contributed by atoms with Crippen molar-refractivity contribution in [3.05, 3.63) is 53.6 Å². The topological polar surface area (TPSA) is 125 Å². The summed E-state index contributed by atoms with van der Waals surface area (Å²) in [6.07, 6.45) is 0.161. The summed E-state index contributed by atoms with van der Waals surface area (Å²) in [7, 11) is -1.11. The van der Waals surface area contributed by atoms with Crippen molar-refractivity contribution >= 4 is 56.5 Å². The van der Waals surface area contributed by atoms with Crippen LogP contribution in [0, 0.1) is 0 Å². The van der Waals surface area contributed by atoms with Gasteiger partial charge in [-0.3, -0.25) is 9.59 Å². The maximum Gasteiger partial charge on any atom is 0.355 e. The fraction of sp³-hybridized carbons (Fsp3) is 0.238. The lowest BCUT2D eigenvalue weighted by Gasteiger charge is -2.22. The number of sulfonamides is 1. The minimum Gasteiger partial charge on any atom is -0.451 e. The second-order valence-corrected chi connectivity index (χ2v) is 9.67. The number of hydrogen-bond donors (Lipinski definition) is 1. The molecule has 3 rings (SSSR count). The molecule has 0 saturated carbocycles. The van der Waals surface area contributed by atoms with E-state index in [-0.39, 0.29) is 40.1 Å². The molecule has 0 spiro atoms. The highest BCUT2D eigenvalue weighted by Gasteiger charge is 2.27. The molecule has 0 bridgehead atoms. The van der Waals surface area contributed by atoms with Gasteiger partial charge in [-0.1, -0.05) is 29.8 Å². The van der Waals surface area contributed by atoms with Crippen LogP contribution >= 0.6 is 11.6 Å². The molecule has 1 N–H and O–H groups in total. The normalized spacial score (nSPS) is 14.1. The molecule has 2 aromatic carbocycles. The van der Waals surface area contributed by atoms with Gasteiger partial charge in [-0.15, -0.1) is 0 Å². The Morgan fingerprint density at radius 2 is 1.85 bits per heavy atom. The number of para-hydroxylation sites is 1. The van der Waals surface area contributed by atoms with Crippen LogP contribution in [0.1, 0.15) is 12.8 Å². The van der Waals surface area contributed by atoms with E-state index in [2.05, 4.69) is 10.4 Å². The van der Waals surface area contributed by atoms with Gasteiger partial charge in [0.05, 0.1) is 10.7 Å². The maximum absolute atomic E-state index is 12.4. The number of benzene rings is 2. The molecule has 0 radical (unpaired) electrons. The standard InChI is InChI=1S/C21H21ClN4O6S/c1-25(2)33(30,31)18-12-14(8-9-16(18)22)23-19(27)13-32-21(29)17-10-11-20(28)26(24-17)15-6-4-3-5-7-15/h3-9,12H,10-11,13H2,1-2H3,(H,23,27). The summed E-state index contributed by atoms with van der Waals surface area (Å²) in [5.74, 6) is -1.78. The number of halogens is 1. The zero-order chi connectivity index (χ0) is 24.2. The van der Waals surface area contributed by atoms with Crippen LogP contribution in [0.5, 0.6) is 0 Å². The quantitative estimate of drug-likeness (QED) is 0.591. The summed E-state index contributed by atoms with van der Waals surface area (Å²) in [6.45, 7) is -0.629. The molecule has 33 heavy (non-hydrogen) atoms. The molecule has 1 heterocycles. The Bertz CT molecular complexity index is 1210. The van der Waals surface area contributed by atoms with Gasteiger partial charge in [-0.2, -0.15) is 5.10 Å². The lowest BCUT2D eigenvalue weighted by Crippen LogP contribution is -2.35. The molecule has 12 heteroatoms. The molecule has 1 aliphatic rings. The number of amides is 2. The third kappa shape index (κ3) is 5.75. The molecule has 10 nitrogen and oxygen atoms in total. The molecule has 0 aliphatic carbocycles. The molecule has 2 aromatic rings. The Balaban J connectivity index is 1.64. The van der Waals surface area contributed by atoms with Crippen LogP contribution in [0.4, 0.5) is 11.4 Å². The Labute approximate surface area is 195 Å². The summed E-state index contributed by atoms with van der Waals surface area (Å²) in [5.41, 5.74) is 0.685. The van der Waals surface area contributed by atoms with Crippen LogP contribution in [-0.2, 0) is 29.1 Å². The predicted molar refractivity (Wildman–Crippen MR) is 123 cm³/mol. The number of ether oxygens (including phenoxy) is 1. The highest BCUT2D eigenvalue weighted by Crippen LogP contribution is 2.27. The van der Waals surface area contributed by atoms with Gasteiger partial charge in [0.25, 0.3) is 5.91 Å². The highest BCUT2D eigenvalue weighted by molar-refractivity contribution is 7.89. The van der Waals surface area contributed by atoms with E-state index in [1.807, 2.05) is 0 Å². The molecule has 0 aromatic heterocycles. The van der Waals surface area contributed by atoms with E-state index < -0.39 is 28.5 Å². The number of carbonyl (C=O) groups excluding carboxylic acids is 3. The van der Waals surface area contributed by atoms with E-state index >= 15 is 0 Å². The van der Waals surface area contributed by atoms with Crippen molar-refractivity contribution in [1.29, 1.82) is 0 Å². The second-order valence-electron chi connectivity index (χ2n) is 7.14. The van der Waals surface area contributed by atoms with Crippen LogP contribution < -0.4 is 10.3 Å². The number of nitrogens with zero attached hydrogens (tertiary/aromatic N) is 3. The number of rotatable bonds is 7. The van der Waals surface area contributed by atoms with E-state index in [0.717, 1.165) is 9.31 Å². The first kappa shape index (κ1) is 24.4. The average Bonchev–Trinajstić information content (AvgIpc) is 2.79. The van der Waals surface area contributed by atoms with Crippen molar-refractivity contribution in [3.8, 4) is 0 Å². The lowest BCUT2D eigenvalue weighted by atomic mass is 10.1. The first-order valence-electron chi connectivity index (χ1n) is 9.74. The van der Waals surface area contributed by atoms with Gasteiger partial charge in [0.2, 0.25) is 15.9 Å². The van der Waals surface area contributed by atoms with Crippen LogP contribution in [0.25, 0.3) is 0 Å². The summed E-state index contributed by atoms with van der Waals surface area (Å²) in [6, 6.07) is 12.6. The minimum atomic E-state index is -3.82. The zero-order valence-corrected chi connectivity index (χ0v) is 19.4. The molecule has 0 saturated heterocycles. The van der Waals surface area contributed by atoms with Gasteiger partial charge in [0.1, 0.15) is 10.6 Å². The van der Waals surface area contributed by atoms with E-state index in [0.29, 0.717) is 5.69 Å². The third-order valence-corrected chi connectivity index (χ3v) is 6.87. The molecule has 0 fully saturated rings. The third-order valence-electron chi connectivity index (χ3n) is 4.58. The molecule has 2 amide bonds. The summed E-state index contributed by atoms with van der Waals surface area (Å²) < 4.78 is 30.7. The van der Waals surface area contributed by atoms with Gasteiger partial charge in [-0.05, 0) is 30.3 Å². The molecule has 174 valence electrons. The van der Waals surface area contributed by atoms with Gasteiger partial charge in [0.15, 0.2) is 6.61 Å². The number of hydrazone groups is 1. The largest absolute Gasteiger partial charge is 0.451 e. The second kappa shape index (κ2) is 10.1. The summed E-state index contributed by atoms with van der Waals surface area (Å²) >= 11 is 5.99. The average molecular weight is 493 g/mol. The van der Waals surface area contributed by atoms with Gasteiger partial charge >= 0.3 is 5.97 Å². The van der Waals surface area contributed by atoms with Crippen molar-refractivity contribution in [2.24, 2.45) is 5.10 Å². The van der Waals surface area contributed by atoms with E-state index in [1.165, 1.54) is 32.3 Å². The van der Waals surface area contributed by atoms with Crippen LogP contribution in [0.3, 0.4) is 0 Å². The van der Waals surface area contributed by atoms with Gasteiger partial charge < -0.3 is 10.1 Å². The van der Waals surface area contributed by atoms with E-state index in [4.69, 9.17) is 16.3 Å².